The molecule has 0 radical (unpaired) electrons. The fourth-order valence-corrected chi connectivity index (χ4v) is 10.9. The van der Waals surface area contributed by atoms with Gasteiger partial charge in [-0.15, -0.1) is 0 Å². The quantitative estimate of drug-likeness (QED) is 0.156. The Labute approximate surface area is 374 Å². The highest BCUT2D eigenvalue weighted by atomic mass is 15.1. The van der Waals surface area contributed by atoms with Crippen LogP contribution in [0, 0.1) is 6.92 Å². The van der Waals surface area contributed by atoms with Gasteiger partial charge in [-0.25, -0.2) is 4.98 Å². The minimum atomic E-state index is 0.891. The summed E-state index contributed by atoms with van der Waals surface area (Å²) in [6, 6.07) is 75.9. The van der Waals surface area contributed by atoms with Crippen LogP contribution in [0.25, 0.3) is 97.2 Å². The molecule has 0 saturated carbocycles. The molecule has 1 aromatic heterocycles. The molecule has 0 atom stereocenters. The Morgan fingerprint density at radius 1 is 0.308 bits per heavy atom. The summed E-state index contributed by atoms with van der Waals surface area (Å²) in [6.07, 6.45) is 1.89. The number of fused-ring (bicyclic) bond motifs is 6. The Morgan fingerprint density at radius 3 is 1.23 bits per heavy atom. The average Bonchev–Trinajstić information content (AvgIpc) is 3.36. The van der Waals surface area contributed by atoms with Gasteiger partial charge in [0.1, 0.15) is 0 Å². The van der Waals surface area contributed by atoms with Gasteiger partial charge in [0.05, 0.1) is 28.1 Å². The van der Waals surface area contributed by atoms with E-state index in [0.717, 1.165) is 72.4 Å². The van der Waals surface area contributed by atoms with Crippen LogP contribution in [0.5, 0.6) is 0 Å². The molecule has 1 heterocycles. The van der Waals surface area contributed by atoms with Gasteiger partial charge in [0.25, 0.3) is 0 Å². The van der Waals surface area contributed by atoms with Crippen LogP contribution in [0.2, 0.25) is 0 Å². The number of benzene rings is 13. The van der Waals surface area contributed by atoms with Crippen molar-refractivity contribution in [1.29, 1.82) is 0 Å². The second kappa shape index (κ2) is 13.7. The number of hydrogen-bond acceptors (Lipinski definition) is 4. The van der Waals surface area contributed by atoms with Gasteiger partial charge in [0.15, 0.2) is 0 Å². The van der Waals surface area contributed by atoms with Gasteiger partial charge < -0.3 is 9.80 Å². The molecule has 0 fully saturated rings. The van der Waals surface area contributed by atoms with E-state index in [1.54, 1.807) is 0 Å². The Bertz CT molecular complexity index is 4200. The summed E-state index contributed by atoms with van der Waals surface area (Å²) in [5, 5.41) is 19.4. The minimum absolute atomic E-state index is 0.891. The average molecular weight is 827 g/mol. The number of anilines is 6. The molecule has 0 aliphatic heterocycles. The molecule has 13 aromatic carbocycles. The number of hydrogen-bond donors (Lipinski definition) is 0. The van der Waals surface area contributed by atoms with Gasteiger partial charge in [-0.1, -0.05) is 146 Å². The zero-order valence-corrected chi connectivity index (χ0v) is 35.5. The Hall–Kier alpha value is -8.60. The van der Waals surface area contributed by atoms with Crippen LogP contribution in [0.15, 0.2) is 212 Å². The van der Waals surface area contributed by atoms with Gasteiger partial charge >= 0.3 is 0 Å². The van der Waals surface area contributed by atoms with Crippen molar-refractivity contribution in [2.45, 2.75) is 6.92 Å². The molecule has 0 amide bonds. The Balaban J connectivity index is 1.06. The van der Waals surface area contributed by atoms with E-state index in [-0.39, 0.29) is 0 Å². The molecule has 14 aromatic rings. The van der Waals surface area contributed by atoms with E-state index in [1.165, 1.54) is 64.6 Å². The third-order valence-electron chi connectivity index (χ3n) is 13.7. The van der Waals surface area contributed by atoms with Gasteiger partial charge in [-0.05, 0) is 132 Å². The van der Waals surface area contributed by atoms with Crippen molar-refractivity contribution in [2.75, 3.05) is 9.80 Å². The molecule has 65 heavy (non-hydrogen) atoms. The summed E-state index contributed by atoms with van der Waals surface area (Å²) in [6.45, 7) is 2.03. The summed E-state index contributed by atoms with van der Waals surface area (Å²) in [5.74, 6) is 0. The van der Waals surface area contributed by atoms with E-state index in [2.05, 4.69) is 216 Å². The summed E-state index contributed by atoms with van der Waals surface area (Å²) in [4.78, 5) is 15.1. The van der Waals surface area contributed by atoms with Crippen LogP contribution in [0.4, 0.5) is 34.1 Å². The highest BCUT2D eigenvalue weighted by Crippen LogP contribution is 2.49. The highest BCUT2D eigenvalue weighted by molar-refractivity contribution is 6.29. The van der Waals surface area contributed by atoms with Crippen molar-refractivity contribution in [2.24, 2.45) is 0 Å². The Morgan fingerprint density at radius 2 is 0.738 bits per heavy atom. The maximum Gasteiger partial charge on any atom is 0.0974 e. The third kappa shape index (κ3) is 5.32. The second-order valence-corrected chi connectivity index (χ2v) is 17.4. The van der Waals surface area contributed by atoms with Crippen molar-refractivity contribution in [3.05, 3.63) is 218 Å². The maximum absolute atomic E-state index is 5.18. The molecule has 0 N–H and O–H groups in total. The Kier molecular flexibility index (Phi) is 7.57. The minimum Gasteiger partial charge on any atom is -0.310 e. The molecule has 0 aliphatic rings. The van der Waals surface area contributed by atoms with Crippen molar-refractivity contribution < 1.29 is 0 Å². The number of para-hydroxylation sites is 2. The third-order valence-corrected chi connectivity index (χ3v) is 13.7. The van der Waals surface area contributed by atoms with Gasteiger partial charge in [0.2, 0.25) is 0 Å². The second-order valence-electron chi connectivity index (χ2n) is 17.4. The maximum atomic E-state index is 5.18. The number of aromatic nitrogens is 2. The summed E-state index contributed by atoms with van der Waals surface area (Å²) < 4.78 is 0. The van der Waals surface area contributed by atoms with E-state index in [0.29, 0.717) is 0 Å². The molecular weight excluding hydrogens is 789 g/mol. The predicted octanol–water partition coefficient (Wildman–Crippen LogP) is 17.0. The molecule has 4 heteroatoms. The van der Waals surface area contributed by atoms with Crippen molar-refractivity contribution >= 4 is 131 Å². The number of nitrogens with zero attached hydrogens (tertiary/aromatic N) is 4. The lowest BCUT2D eigenvalue weighted by atomic mass is 9.92. The fraction of sp³-hybridized carbons (Fsp3) is 0.0164. The zero-order valence-electron chi connectivity index (χ0n) is 35.5. The normalized spacial score (nSPS) is 12.1. The van der Waals surface area contributed by atoms with Crippen molar-refractivity contribution in [3.8, 4) is 0 Å². The van der Waals surface area contributed by atoms with Crippen LogP contribution in [0.1, 0.15) is 5.69 Å². The van der Waals surface area contributed by atoms with Crippen LogP contribution in [-0.4, -0.2) is 9.97 Å². The number of rotatable bonds is 6. The van der Waals surface area contributed by atoms with E-state index in [9.17, 15) is 0 Å². The van der Waals surface area contributed by atoms with Crippen LogP contribution >= 0.6 is 0 Å². The summed E-state index contributed by atoms with van der Waals surface area (Å²) in [5.41, 5.74) is 9.28. The first kappa shape index (κ1) is 35.9. The van der Waals surface area contributed by atoms with Crippen LogP contribution in [-0.2, 0) is 0 Å². The van der Waals surface area contributed by atoms with E-state index >= 15 is 0 Å². The molecule has 0 bridgehead atoms. The molecule has 0 unspecified atom stereocenters. The van der Waals surface area contributed by atoms with Crippen LogP contribution < -0.4 is 9.80 Å². The topological polar surface area (TPSA) is 32.3 Å². The smallest absolute Gasteiger partial charge is 0.0974 e. The standard InChI is InChI=1S/C61H38N4/c1-37-36-62-60-48-30-28-46(64(44-18-4-2-5-19-44)54-32-42-16-8-12-38-24-26-40-14-10-22-50(54)58(40)56(38)42)34-52(48)53-35-47(29-31-49(53)61(60)63-37)65(45-20-6-3-7-21-45)55-33-43-17-9-13-39-25-27-41-15-11-23-51(55)59(41)57(39)43/h2-36H,1H3. The lowest BCUT2D eigenvalue weighted by Crippen LogP contribution is -2.11. The molecule has 4 nitrogen and oxygen atoms in total. The van der Waals surface area contributed by atoms with E-state index < -0.39 is 0 Å². The molecule has 0 saturated heterocycles. The molecular formula is C61H38N4. The first-order valence-electron chi connectivity index (χ1n) is 22.3. The molecule has 0 aliphatic carbocycles. The van der Waals surface area contributed by atoms with Gasteiger partial charge in [-0.2, -0.15) is 0 Å². The van der Waals surface area contributed by atoms with Gasteiger partial charge in [0, 0.05) is 50.5 Å². The highest BCUT2D eigenvalue weighted by Gasteiger charge is 2.23. The summed E-state index contributed by atoms with van der Waals surface area (Å²) >= 11 is 0. The zero-order chi connectivity index (χ0) is 42.8. The fourth-order valence-electron chi connectivity index (χ4n) is 10.9. The molecule has 14 rings (SSSR count). The van der Waals surface area contributed by atoms with Crippen molar-refractivity contribution in [1.82, 2.24) is 9.97 Å². The molecule has 0 spiro atoms. The van der Waals surface area contributed by atoms with E-state index in [1.807, 2.05) is 13.1 Å². The monoisotopic (exact) mass is 826 g/mol. The lowest BCUT2D eigenvalue weighted by molar-refractivity contribution is 1.19. The number of aryl methyl sites for hydroxylation is 1. The van der Waals surface area contributed by atoms with Crippen molar-refractivity contribution in [3.63, 3.8) is 0 Å². The largest absolute Gasteiger partial charge is 0.310 e. The first-order chi connectivity index (χ1) is 32.1. The SMILES string of the molecule is Cc1cnc2c3ccc(N(c4ccccc4)c4cc5cccc6ccc7cccc4c7c65)cc3c3cc(N(c4ccccc4)c4cc5cccc6ccc7cccc4c7c65)ccc3c2n1. The summed E-state index contributed by atoms with van der Waals surface area (Å²) in [7, 11) is 0. The molecule has 302 valence electrons. The lowest BCUT2D eigenvalue weighted by Gasteiger charge is -2.29. The first-order valence-corrected chi connectivity index (χ1v) is 22.3. The van der Waals surface area contributed by atoms with Crippen LogP contribution in [0.3, 0.4) is 0 Å². The predicted molar refractivity (Wildman–Crippen MR) is 276 cm³/mol. The van der Waals surface area contributed by atoms with E-state index in [4.69, 9.17) is 9.97 Å². The van der Waals surface area contributed by atoms with Gasteiger partial charge in [-0.3, -0.25) is 4.98 Å².